The molecule has 120 valence electrons. The molecule has 1 N–H and O–H groups in total. The van der Waals surface area contributed by atoms with Crippen molar-refractivity contribution in [2.45, 2.75) is 12.8 Å². The molecule has 3 heterocycles. The summed E-state index contributed by atoms with van der Waals surface area (Å²) in [6.07, 6.45) is 2.93. The van der Waals surface area contributed by atoms with Crippen LogP contribution in [0.15, 0.2) is 46.7 Å². The maximum atomic E-state index is 11.8. The van der Waals surface area contributed by atoms with Gasteiger partial charge in [0.05, 0.1) is 5.69 Å². The van der Waals surface area contributed by atoms with E-state index in [0.29, 0.717) is 6.42 Å². The highest BCUT2D eigenvalue weighted by atomic mass is 32.1. The lowest BCUT2D eigenvalue weighted by Crippen LogP contribution is -2.30. The summed E-state index contributed by atoms with van der Waals surface area (Å²) in [5.74, 6) is 0.153. The van der Waals surface area contributed by atoms with E-state index in [9.17, 15) is 9.59 Å². The van der Waals surface area contributed by atoms with E-state index in [2.05, 4.69) is 16.0 Å². The Morgan fingerprint density at radius 1 is 1.12 bits per heavy atom. The molecule has 24 heavy (non-hydrogen) atoms. The number of amides is 1. The molecule has 1 amide bonds. The molecular weight excluding hydrogens is 322 g/mol. The number of aryl methyl sites for hydroxylation is 1. The summed E-state index contributed by atoms with van der Waals surface area (Å²) in [5.41, 5.74) is 4.74. The van der Waals surface area contributed by atoms with Gasteiger partial charge in [0, 0.05) is 47.9 Å². The first-order valence-electron chi connectivity index (χ1n) is 7.66. The second kappa shape index (κ2) is 5.72. The Labute approximate surface area is 142 Å². The third-order valence-electron chi connectivity index (χ3n) is 4.25. The zero-order chi connectivity index (χ0) is 16.7. The van der Waals surface area contributed by atoms with Gasteiger partial charge >= 0.3 is 0 Å². The molecule has 1 aliphatic rings. The number of nitrogens with one attached hydrogen (secondary N) is 1. The summed E-state index contributed by atoms with van der Waals surface area (Å²) < 4.78 is 0. The van der Waals surface area contributed by atoms with Crippen LogP contribution in [0.5, 0.6) is 0 Å². The van der Waals surface area contributed by atoms with Crippen molar-refractivity contribution in [3.63, 3.8) is 0 Å². The Morgan fingerprint density at radius 3 is 2.83 bits per heavy atom. The molecule has 3 aromatic rings. The number of pyridine rings is 1. The largest absolute Gasteiger partial charge is 0.329 e. The van der Waals surface area contributed by atoms with Crippen molar-refractivity contribution in [3.05, 3.63) is 57.8 Å². The number of hydrogen-bond donors (Lipinski definition) is 1. The highest BCUT2D eigenvalue weighted by molar-refractivity contribution is 7.13. The molecule has 6 heteroatoms. The van der Waals surface area contributed by atoms with Gasteiger partial charge in [-0.25, -0.2) is 4.98 Å². The fourth-order valence-electron chi connectivity index (χ4n) is 2.93. The van der Waals surface area contributed by atoms with Crippen molar-refractivity contribution in [1.82, 2.24) is 9.97 Å². The molecule has 0 fully saturated rings. The number of hydrogen-bond acceptors (Lipinski definition) is 4. The second-order valence-corrected chi connectivity index (χ2v) is 6.63. The number of carbonyl (C=O) groups excluding carboxylic acids is 1. The van der Waals surface area contributed by atoms with Gasteiger partial charge in [0.2, 0.25) is 11.5 Å². The first-order valence-corrected chi connectivity index (χ1v) is 8.54. The van der Waals surface area contributed by atoms with E-state index >= 15 is 0 Å². The van der Waals surface area contributed by atoms with E-state index in [1.54, 1.807) is 17.2 Å². The van der Waals surface area contributed by atoms with Gasteiger partial charge in [-0.1, -0.05) is 6.07 Å². The molecule has 0 aliphatic carbocycles. The van der Waals surface area contributed by atoms with Crippen molar-refractivity contribution in [1.29, 1.82) is 0 Å². The second-order valence-electron chi connectivity index (χ2n) is 5.78. The predicted molar refractivity (Wildman–Crippen MR) is 95.3 cm³/mol. The number of nitrogens with zero attached hydrogens (tertiary/aromatic N) is 2. The fourth-order valence-corrected chi connectivity index (χ4v) is 3.76. The molecule has 0 radical (unpaired) electrons. The van der Waals surface area contributed by atoms with Crippen LogP contribution in [0, 0.1) is 0 Å². The summed E-state index contributed by atoms with van der Waals surface area (Å²) in [6, 6.07) is 9.47. The molecule has 0 saturated carbocycles. The molecule has 1 aromatic carbocycles. The number of aromatic nitrogens is 2. The lowest BCUT2D eigenvalue weighted by Gasteiger charge is -2.26. The average molecular weight is 337 g/mol. The van der Waals surface area contributed by atoms with Crippen molar-refractivity contribution < 1.29 is 4.79 Å². The minimum atomic E-state index is -0.134. The highest BCUT2D eigenvalue weighted by Gasteiger charge is 2.21. The van der Waals surface area contributed by atoms with Gasteiger partial charge in [-0.2, -0.15) is 0 Å². The molecule has 1 aliphatic heterocycles. The monoisotopic (exact) mass is 337 g/mol. The lowest BCUT2D eigenvalue weighted by atomic mass is 9.98. The summed E-state index contributed by atoms with van der Waals surface area (Å²) in [6.45, 7) is 0. The molecule has 0 saturated heterocycles. The van der Waals surface area contributed by atoms with Crippen LogP contribution in [0.25, 0.3) is 21.8 Å². The Kier molecular flexibility index (Phi) is 3.54. The minimum absolute atomic E-state index is 0.134. The number of carbonyl (C=O) groups is 1. The molecule has 0 bridgehead atoms. The van der Waals surface area contributed by atoms with Gasteiger partial charge in [-0.05, 0) is 30.2 Å². The van der Waals surface area contributed by atoms with E-state index in [1.165, 1.54) is 16.9 Å². The number of aromatic amines is 1. The van der Waals surface area contributed by atoms with Gasteiger partial charge in [-0.3, -0.25) is 9.59 Å². The van der Waals surface area contributed by atoms with Crippen molar-refractivity contribution in [2.24, 2.45) is 0 Å². The average Bonchev–Trinajstić information content (AvgIpc) is 3.08. The zero-order valence-corrected chi connectivity index (χ0v) is 13.9. The van der Waals surface area contributed by atoms with E-state index in [1.807, 2.05) is 30.6 Å². The van der Waals surface area contributed by atoms with Crippen molar-refractivity contribution in [3.8, 4) is 21.8 Å². The van der Waals surface area contributed by atoms with Gasteiger partial charge < -0.3 is 9.88 Å². The summed E-state index contributed by atoms with van der Waals surface area (Å²) >= 11 is 1.52. The smallest absolute Gasteiger partial charge is 0.248 e. The van der Waals surface area contributed by atoms with Crippen molar-refractivity contribution in [2.75, 3.05) is 11.9 Å². The van der Waals surface area contributed by atoms with Crippen LogP contribution in [-0.4, -0.2) is 22.9 Å². The number of benzene rings is 1. The lowest BCUT2D eigenvalue weighted by molar-refractivity contribution is -0.118. The Morgan fingerprint density at radius 2 is 2.00 bits per heavy atom. The number of anilines is 1. The van der Waals surface area contributed by atoms with Crippen molar-refractivity contribution >= 4 is 22.9 Å². The molecule has 0 atom stereocenters. The van der Waals surface area contributed by atoms with Crippen LogP contribution >= 0.6 is 11.3 Å². The predicted octanol–water partition coefficient (Wildman–Crippen LogP) is 3.07. The maximum absolute atomic E-state index is 11.8. The first-order chi connectivity index (χ1) is 11.6. The molecular formula is C18H15N3O2S. The van der Waals surface area contributed by atoms with Crippen LogP contribution in [0.4, 0.5) is 5.69 Å². The summed E-state index contributed by atoms with van der Waals surface area (Å²) in [5, 5.41) is 2.82. The highest BCUT2D eigenvalue weighted by Crippen LogP contribution is 2.33. The number of rotatable bonds is 2. The van der Waals surface area contributed by atoms with Gasteiger partial charge in [0.15, 0.2) is 0 Å². The summed E-state index contributed by atoms with van der Waals surface area (Å²) in [7, 11) is 1.81. The molecule has 5 nitrogen and oxygen atoms in total. The Balaban J connectivity index is 1.71. The molecule has 2 aromatic heterocycles. The standard InChI is InChI=1S/C18H15N3O2S/c1-21-15-4-2-11(8-12(15)3-5-17(21)23)14-10-24-18(20-14)13-6-7-19-16(22)9-13/h2,4,6-10H,3,5H2,1H3,(H,19,22). The maximum Gasteiger partial charge on any atom is 0.248 e. The normalized spacial score (nSPS) is 13.9. The van der Waals surface area contributed by atoms with Crippen LogP contribution in [0.3, 0.4) is 0 Å². The first kappa shape index (κ1) is 14.8. The minimum Gasteiger partial charge on any atom is -0.329 e. The molecule has 4 rings (SSSR count). The zero-order valence-electron chi connectivity index (χ0n) is 13.1. The number of H-pyrrole nitrogens is 1. The third kappa shape index (κ3) is 2.55. The third-order valence-corrected chi connectivity index (χ3v) is 5.14. The van der Waals surface area contributed by atoms with Gasteiger partial charge in [0.1, 0.15) is 5.01 Å². The number of thiazole rings is 1. The van der Waals surface area contributed by atoms with E-state index in [-0.39, 0.29) is 11.5 Å². The van der Waals surface area contributed by atoms with Crippen LogP contribution < -0.4 is 10.5 Å². The van der Waals surface area contributed by atoms with Crippen LogP contribution in [-0.2, 0) is 11.2 Å². The van der Waals surface area contributed by atoms with E-state index in [0.717, 1.165) is 33.9 Å². The van der Waals surface area contributed by atoms with Gasteiger partial charge in [-0.15, -0.1) is 11.3 Å². The molecule has 0 spiro atoms. The Bertz CT molecular complexity index is 990. The Hall–Kier alpha value is -2.73. The summed E-state index contributed by atoms with van der Waals surface area (Å²) in [4.78, 5) is 32.2. The molecule has 0 unspecified atom stereocenters. The quantitative estimate of drug-likeness (QED) is 0.781. The van der Waals surface area contributed by atoms with Crippen LogP contribution in [0.2, 0.25) is 0 Å². The van der Waals surface area contributed by atoms with Gasteiger partial charge in [0.25, 0.3) is 0 Å². The SMILES string of the molecule is CN1C(=O)CCc2cc(-c3csc(-c4cc[nH]c(=O)c4)n3)ccc21. The van der Waals surface area contributed by atoms with E-state index < -0.39 is 0 Å². The van der Waals surface area contributed by atoms with E-state index in [4.69, 9.17) is 0 Å². The fraction of sp³-hybridized carbons (Fsp3) is 0.167. The topological polar surface area (TPSA) is 66.1 Å². The van der Waals surface area contributed by atoms with Crippen LogP contribution in [0.1, 0.15) is 12.0 Å². The number of fused-ring (bicyclic) bond motifs is 1.